The molecule has 0 saturated carbocycles. The molecule has 6 heteroatoms. The van der Waals surface area contributed by atoms with Gasteiger partial charge in [0.1, 0.15) is 5.75 Å². The molecule has 0 radical (unpaired) electrons. The first-order valence-electron chi connectivity index (χ1n) is 10.8. The number of rotatable bonds is 6. The van der Waals surface area contributed by atoms with Crippen LogP contribution in [0.3, 0.4) is 0 Å². The molecule has 1 fully saturated rings. The second-order valence-electron chi connectivity index (χ2n) is 7.98. The maximum Gasteiger partial charge on any atom is 0.226 e. The van der Waals surface area contributed by atoms with E-state index in [9.17, 15) is 4.79 Å². The minimum atomic E-state index is 0.213. The third-order valence-electron chi connectivity index (χ3n) is 5.64. The molecule has 0 aliphatic carbocycles. The molecule has 0 bridgehead atoms. The summed E-state index contributed by atoms with van der Waals surface area (Å²) in [7, 11) is 0. The number of benzene rings is 2. The number of ether oxygens (including phenoxy) is 1. The Hall–Kier alpha value is -2.73. The van der Waals surface area contributed by atoms with Gasteiger partial charge in [0, 0.05) is 36.6 Å². The molecule has 0 unspecified atom stereocenters. The fourth-order valence-electron chi connectivity index (χ4n) is 3.84. The van der Waals surface area contributed by atoms with Gasteiger partial charge in [-0.3, -0.25) is 4.79 Å². The molecule has 3 aromatic rings. The van der Waals surface area contributed by atoms with E-state index in [1.54, 1.807) is 0 Å². The Morgan fingerprint density at radius 2 is 1.84 bits per heavy atom. The van der Waals surface area contributed by atoms with Gasteiger partial charge in [-0.25, -0.2) is 4.68 Å². The van der Waals surface area contributed by atoms with Gasteiger partial charge in [-0.2, -0.15) is 16.9 Å². The Balaban J connectivity index is 1.66. The van der Waals surface area contributed by atoms with Gasteiger partial charge in [0.15, 0.2) is 0 Å². The highest BCUT2D eigenvalue weighted by atomic mass is 32.2. The van der Waals surface area contributed by atoms with Crippen LogP contribution in [0.25, 0.3) is 5.69 Å². The van der Waals surface area contributed by atoms with Crippen molar-refractivity contribution in [2.45, 2.75) is 33.6 Å². The zero-order chi connectivity index (χ0) is 21.8. The van der Waals surface area contributed by atoms with E-state index in [2.05, 4.69) is 19.1 Å². The van der Waals surface area contributed by atoms with Gasteiger partial charge >= 0.3 is 0 Å². The summed E-state index contributed by atoms with van der Waals surface area (Å²) in [5.41, 5.74) is 5.06. The molecule has 162 valence electrons. The Kier molecular flexibility index (Phi) is 6.66. The molecule has 1 aliphatic rings. The van der Waals surface area contributed by atoms with Gasteiger partial charge in [0.25, 0.3) is 0 Å². The molecular weight excluding hydrogens is 406 g/mol. The van der Waals surface area contributed by atoms with Gasteiger partial charge in [0.2, 0.25) is 11.8 Å². The monoisotopic (exact) mass is 435 g/mol. The van der Waals surface area contributed by atoms with Crippen molar-refractivity contribution in [2.75, 3.05) is 24.6 Å². The largest absolute Gasteiger partial charge is 0.438 e. The number of aryl methyl sites for hydroxylation is 3. The Labute approximate surface area is 188 Å². The first kappa shape index (κ1) is 21.5. The van der Waals surface area contributed by atoms with Gasteiger partial charge in [-0.15, -0.1) is 0 Å². The van der Waals surface area contributed by atoms with Gasteiger partial charge < -0.3 is 9.64 Å². The van der Waals surface area contributed by atoms with Crippen molar-refractivity contribution in [1.82, 2.24) is 14.7 Å². The van der Waals surface area contributed by atoms with Crippen LogP contribution in [0.5, 0.6) is 11.6 Å². The SMILES string of the molecule is Cc1cccc(-n2nc(C)c(CCC(=O)N3CCSCC3)c2Oc2ccccc2C)c1. The molecule has 0 N–H and O–H groups in total. The molecule has 1 amide bonds. The van der Waals surface area contributed by atoms with Crippen LogP contribution in [-0.2, 0) is 11.2 Å². The number of thioether (sulfide) groups is 1. The van der Waals surface area contributed by atoms with E-state index in [0.29, 0.717) is 18.7 Å². The van der Waals surface area contributed by atoms with Crippen molar-refractivity contribution in [1.29, 1.82) is 0 Å². The highest BCUT2D eigenvalue weighted by Crippen LogP contribution is 2.33. The number of carbonyl (C=O) groups excluding carboxylic acids is 1. The summed E-state index contributed by atoms with van der Waals surface area (Å²) in [4.78, 5) is 14.8. The average Bonchev–Trinajstić information content (AvgIpc) is 3.09. The summed E-state index contributed by atoms with van der Waals surface area (Å²) in [5.74, 6) is 3.76. The highest BCUT2D eigenvalue weighted by molar-refractivity contribution is 7.99. The lowest BCUT2D eigenvalue weighted by molar-refractivity contribution is -0.130. The van der Waals surface area contributed by atoms with E-state index in [-0.39, 0.29) is 5.91 Å². The van der Waals surface area contributed by atoms with Crippen LogP contribution in [0, 0.1) is 20.8 Å². The van der Waals surface area contributed by atoms with Crippen LogP contribution in [0.15, 0.2) is 48.5 Å². The van der Waals surface area contributed by atoms with E-state index in [0.717, 1.165) is 58.4 Å². The lowest BCUT2D eigenvalue weighted by atomic mass is 10.1. The van der Waals surface area contributed by atoms with Crippen molar-refractivity contribution in [3.63, 3.8) is 0 Å². The second-order valence-corrected chi connectivity index (χ2v) is 9.21. The van der Waals surface area contributed by atoms with E-state index < -0.39 is 0 Å². The van der Waals surface area contributed by atoms with Crippen molar-refractivity contribution in [3.8, 4) is 17.3 Å². The minimum absolute atomic E-state index is 0.213. The van der Waals surface area contributed by atoms with Crippen LogP contribution in [-0.4, -0.2) is 45.2 Å². The Morgan fingerprint density at radius 3 is 2.58 bits per heavy atom. The van der Waals surface area contributed by atoms with Crippen LogP contribution in [0.2, 0.25) is 0 Å². The number of hydrogen-bond donors (Lipinski definition) is 0. The lowest BCUT2D eigenvalue weighted by Crippen LogP contribution is -2.38. The summed E-state index contributed by atoms with van der Waals surface area (Å²) >= 11 is 1.91. The quantitative estimate of drug-likeness (QED) is 0.541. The van der Waals surface area contributed by atoms with Crippen molar-refractivity contribution >= 4 is 17.7 Å². The van der Waals surface area contributed by atoms with Gasteiger partial charge in [-0.05, 0) is 56.5 Å². The third-order valence-corrected chi connectivity index (χ3v) is 6.58. The second kappa shape index (κ2) is 9.60. The predicted molar refractivity (Wildman–Crippen MR) is 127 cm³/mol. The Morgan fingerprint density at radius 1 is 1.06 bits per heavy atom. The van der Waals surface area contributed by atoms with E-state index in [1.165, 1.54) is 0 Å². The molecule has 1 aromatic heterocycles. The third kappa shape index (κ3) is 4.96. The molecule has 2 aromatic carbocycles. The molecule has 31 heavy (non-hydrogen) atoms. The first-order valence-corrected chi connectivity index (χ1v) is 11.9. The molecule has 0 atom stereocenters. The zero-order valence-corrected chi connectivity index (χ0v) is 19.2. The highest BCUT2D eigenvalue weighted by Gasteiger charge is 2.22. The fourth-order valence-corrected chi connectivity index (χ4v) is 4.75. The first-order chi connectivity index (χ1) is 15.0. The molecule has 1 aliphatic heterocycles. The number of amides is 1. The summed E-state index contributed by atoms with van der Waals surface area (Å²) in [6, 6.07) is 16.2. The van der Waals surface area contributed by atoms with E-state index in [4.69, 9.17) is 9.84 Å². The molecular formula is C25H29N3O2S. The molecule has 5 nitrogen and oxygen atoms in total. The van der Waals surface area contributed by atoms with Gasteiger partial charge in [0.05, 0.1) is 11.4 Å². The van der Waals surface area contributed by atoms with Crippen molar-refractivity contribution in [2.24, 2.45) is 0 Å². The standard InChI is InChI=1S/C25H29N3O2S/c1-18-7-6-9-21(17-18)28-25(30-23-10-5-4-8-19(23)2)22(20(3)26-28)11-12-24(29)27-13-15-31-16-14-27/h4-10,17H,11-16H2,1-3H3. The molecule has 4 rings (SSSR count). The summed E-state index contributed by atoms with van der Waals surface area (Å²) in [6.07, 6.45) is 1.08. The van der Waals surface area contributed by atoms with Crippen molar-refractivity contribution in [3.05, 3.63) is 70.9 Å². The number of nitrogens with zero attached hydrogens (tertiary/aromatic N) is 3. The predicted octanol–water partition coefficient (Wildman–Crippen LogP) is 5.10. The number of hydrogen-bond acceptors (Lipinski definition) is 4. The summed E-state index contributed by atoms with van der Waals surface area (Å²) in [6.45, 7) is 7.79. The molecule has 2 heterocycles. The number of para-hydroxylation sites is 1. The maximum atomic E-state index is 12.8. The van der Waals surface area contributed by atoms with Gasteiger partial charge in [-0.1, -0.05) is 30.3 Å². The summed E-state index contributed by atoms with van der Waals surface area (Å²) < 4.78 is 8.30. The minimum Gasteiger partial charge on any atom is -0.438 e. The van der Waals surface area contributed by atoms with Crippen molar-refractivity contribution < 1.29 is 9.53 Å². The average molecular weight is 436 g/mol. The van der Waals surface area contributed by atoms with Crippen LogP contribution >= 0.6 is 11.8 Å². The number of aromatic nitrogens is 2. The normalized spacial score (nSPS) is 14.0. The van der Waals surface area contributed by atoms with Crippen LogP contribution < -0.4 is 4.74 Å². The zero-order valence-electron chi connectivity index (χ0n) is 18.4. The number of carbonyl (C=O) groups is 1. The Bertz CT molecular complexity index is 1070. The lowest BCUT2D eigenvalue weighted by Gasteiger charge is -2.26. The van der Waals surface area contributed by atoms with E-state index >= 15 is 0 Å². The summed E-state index contributed by atoms with van der Waals surface area (Å²) in [5, 5.41) is 4.80. The molecule has 0 spiro atoms. The topological polar surface area (TPSA) is 47.4 Å². The van der Waals surface area contributed by atoms with E-state index in [1.807, 2.05) is 71.6 Å². The smallest absolute Gasteiger partial charge is 0.226 e. The van der Waals surface area contributed by atoms with Crippen LogP contribution in [0.1, 0.15) is 28.8 Å². The maximum absolute atomic E-state index is 12.8. The van der Waals surface area contributed by atoms with Crippen LogP contribution in [0.4, 0.5) is 0 Å². The molecule has 1 saturated heterocycles. The fraction of sp³-hybridized carbons (Fsp3) is 0.360.